The van der Waals surface area contributed by atoms with Gasteiger partial charge in [0, 0.05) is 23.6 Å². The predicted octanol–water partition coefficient (Wildman–Crippen LogP) is 1.96. The first-order chi connectivity index (χ1) is 8.96. The van der Waals surface area contributed by atoms with Gasteiger partial charge in [0.2, 0.25) is 10.0 Å². The Morgan fingerprint density at radius 3 is 2.79 bits per heavy atom. The lowest BCUT2D eigenvalue weighted by atomic mass is 10.3. The predicted molar refractivity (Wildman–Crippen MR) is 74.9 cm³/mol. The molecule has 1 aromatic carbocycles. The van der Waals surface area contributed by atoms with E-state index in [2.05, 4.69) is 21.2 Å². The molecule has 1 atom stereocenters. The van der Waals surface area contributed by atoms with Crippen molar-refractivity contribution in [3.8, 4) is 0 Å². The van der Waals surface area contributed by atoms with E-state index in [1.165, 1.54) is 22.5 Å². The van der Waals surface area contributed by atoms with Crippen LogP contribution in [-0.2, 0) is 10.0 Å². The van der Waals surface area contributed by atoms with E-state index in [0.717, 1.165) is 13.0 Å². The average Bonchev–Trinajstić information content (AvgIpc) is 2.82. The Hall–Kier alpha value is -0.500. The molecule has 19 heavy (non-hydrogen) atoms. The highest BCUT2D eigenvalue weighted by atomic mass is 79.9. The first-order valence-corrected chi connectivity index (χ1v) is 8.37. The minimum Gasteiger partial charge on any atom is -0.315 e. The summed E-state index contributed by atoms with van der Waals surface area (Å²) in [6.45, 7) is 3.52. The van der Waals surface area contributed by atoms with Crippen LogP contribution in [0.15, 0.2) is 27.6 Å². The fraction of sp³-hybridized carbons (Fsp3) is 0.500. The summed E-state index contributed by atoms with van der Waals surface area (Å²) >= 11 is 3.12. The number of sulfonamides is 1. The first kappa shape index (κ1) is 14.9. The van der Waals surface area contributed by atoms with Crippen molar-refractivity contribution < 1.29 is 12.8 Å². The number of likely N-dealkylation sites (N-methyl/N-ethyl adjacent to an activating group) is 1. The number of hydrogen-bond acceptors (Lipinski definition) is 3. The fourth-order valence-corrected chi connectivity index (χ4v) is 4.36. The van der Waals surface area contributed by atoms with E-state index < -0.39 is 15.8 Å². The summed E-state index contributed by atoms with van der Waals surface area (Å²) in [4.78, 5) is -0.260. The van der Waals surface area contributed by atoms with Crippen LogP contribution in [0, 0.1) is 5.82 Å². The number of nitrogens with one attached hydrogen (secondary N) is 1. The van der Waals surface area contributed by atoms with Gasteiger partial charge in [-0.1, -0.05) is 22.9 Å². The van der Waals surface area contributed by atoms with Crippen molar-refractivity contribution in [2.24, 2.45) is 0 Å². The van der Waals surface area contributed by atoms with Gasteiger partial charge in [-0.3, -0.25) is 0 Å². The van der Waals surface area contributed by atoms with Gasteiger partial charge < -0.3 is 5.32 Å². The maximum absolute atomic E-state index is 13.9. The molecule has 1 saturated heterocycles. The topological polar surface area (TPSA) is 49.4 Å². The van der Waals surface area contributed by atoms with Crippen LogP contribution in [-0.4, -0.2) is 38.4 Å². The van der Waals surface area contributed by atoms with Gasteiger partial charge in [0.05, 0.1) is 0 Å². The van der Waals surface area contributed by atoms with Crippen LogP contribution >= 0.6 is 15.9 Å². The normalized spacial score (nSPS) is 20.1. The Labute approximate surface area is 121 Å². The molecule has 0 spiro atoms. The summed E-state index contributed by atoms with van der Waals surface area (Å²) in [5.74, 6) is -0.723. The Kier molecular flexibility index (Phi) is 4.60. The van der Waals surface area contributed by atoms with Crippen LogP contribution < -0.4 is 5.32 Å². The summed E-state index contributed by atoms with van der Waals surface area (Å²) in [7, 11) is -3.78. The van der Waals surface area contributed by atoms with Gasteiger partial charge in [-0.25, -0.2) is 12.8 Å². The number of benzene rings is 1. The minimum absolute atomic E-state index is 0.0990. The van der Waals surface area contributed by atoms with E-state index in [-0.39, 0.29) is 10.9 Å². The van der Waals surface area contributed by atoms with E-state index in [1.807, 2.05) is 0 Å². The molecule has 1 heterocycles. The molecule has 1 aliphatic rings. The Balaban J connectivity index is 2.39. The molecule has 0 aliphatic carbocycles. The van der Waals surface area contributed by atoms with Gasteiger partial charge >= 0.3 is 0 Å². The average molecular weight is 351 g/mol. The second-order valence-electron chi connectivity index (χ2n) is 4.43. The van der Waals surface area contributed by atoms with Crippen molar-refractivity contribution >= 4 is 26.0 Å². The molecule has 1 N–H and O–H groups in total. The van der Waals surface area contributed by atoms with E-state index in [4.69, 9.17) is 0 Å². The minimum atomic E-state index is -3.78. The zero-order chi connectivity index (χ0) is 14.0. The number of halogens is 2. The highest BCUT2D eigenvalue weighted by molar-refractivity contribution is 9.10. The highest BCUT2D eigenvalue weighted by Gasteiger charge is 2.33. The monoisotopic (exact) mass is 350 g/mol. The standard InChI is InChI=1S/C12H16BrFN2O2S/c1-2-16(10-5-6-15-8-10)19(17,18)12-4-3-9(13)7-11(12)14/h3-4,7,10,15H,2,5-6,8H2,1H3. The Morgan fingerprint density at radius 1 is 1.53 bits per heavy atom. The van der Waals surface area contributed by atoms with Crippen LogP contribution in [0.3, 0.4) is 0 Å². The lowest BCUT2D eigenvalue weighted by Crippen LogP contribution is -2.41. The molecule has 7 heteroatoms. The molecule has 2 rings (SSSR count). The molecule has 4 nitrogen and oxygen atoms in total. The molecule has 0 amide bonds. The molecule has 0 radical (unpaired) electrons. The maximum Gasteiger partial charge on any atom is 0.246 e. The van der Waals surface area contributed by atoms with E-state index >= 15 is 0 Å². The van der Waals surface area contributed by atoms with Gasteiger partial charge in [-0.2, -0.15) is 4.31 Å². The molecule has 1 aromatic rings. The summed E-state index contributed by atoms with van der Waals surface area (Å²) < 4.78 is 40.8. The van der Waals surface area contributed by atoms with Crippen molar-refractivity contribution in [1.82, 2.24) is 9.62 Å². The van der Waals surface area contributed by atoms with Crippen molar-refractivity contribution in [3.05, 3.63) is 28.5 Å². The molecule has 106 valence electrons. The molecular weight excluding hydrogens is 335 g/mol. The van der Waals surface area contributed by atoms with Crippen molar-refractivity contribution in [3.63, 3.8) is 0 Å². The zero-order valence-electron chi connectivity index (χ0n) is 10.6. The van der Waals surface area contributed by atoms with Crippen LogP contribution in [0.2, 0.25) is 0 Å². The Bertz CT molecular complexity index is 559. The van der Waals surface area contributed by atoms with Crippen LogP contribution in [0.25, 0.3) is 0 Å². The number of rotatable bonds is 4. The van der Waals surface area contributed by atoms with Crippen molar-refractivity contribution in [2.45, 2.75) is 24.3 Å². The summed E-state index contributed by atoms with van der Waals surface area (Å²) in [6.07, 6.45) is 0.755. The molecular formula is C12H16BrFN2O2S. The van der Waals surface area contributed by atoms with Gasteiger partial charge in [-0.15, -0.1) is 0 Å². The smallest absolute Gasteiger partial charge is 0.246 e. The fourth-order valence-electron chi connectivity index (χ4n) is 2.32. The third-order valence-electron chi connectivity index (χ3n) is 3.23. The second-order valence-corrected chi connectivity index (χ2v) is 7.20. The SMILES string of the molecule is CCN(C1CCNC1)S(=O)(=O)c1ccc(Br)cc1F. The molecule has 0 aromatic heterocycles. The molecule has 1 unspecified atom stereocenters. The van der Waals surface area contributed by atoms with E-state index in [9.17, 15) is 12.8 Å². The van der Waals surface area contributed by atoms with Crippen LogP contribution in [0.1, 0.15) is 13.3 Å². The van der Waals surface area contributed by atoms with Crippen molar-refractivity contribution in [2.75, 3.05) is 19.6 Å². The van der Waals surface area contributed by atoms with E-state index in [0.29, 0.717) is 17.6 Å². The third kappa shape index (κ3) is 2.99. The molecule has 1 aliphatic heterocycles. The van der Waals surface area contributed by atoms with Gasteiger partial charge in [0.25, 0.3) is 0 Å². The number of nitrogens with zero attached hydrogens (tertiary/aromatic N) is 1. The van der Waals surface area contributed by atoms with Crippen LogP contribution in [0.4, 0.5) is 4.39 Å². The quantitative estimate of drug-likeness (QED) is 0.902. The Morgan fingerprint density at radius 2 is 2.26 bits per heavy atom. The second kappa shape index (κ2) is 5.87. The zero-order valence-corrected chi connectivity index (χ0v) is 13.0. The highest BCUT2D eigenvalue weighted by Crippen LogP contribution is 2.25. The summed E-state index contributed by atoms with van der Waals surface area (Å²) in [6, 6.07) is 3.92. The third-order valence-corrected chi connectivity index (χ3v) is 5.79. The first-order valence-electron chi connectivity index (χ1n) is 6.14. The largest absolute Gasteiger partial charge is 0.315 e. The molecule has 1 fully saturated rings. The van der Waals surface area contributed by atoms with Crippen LogP contribution in [0.5, 0.6) is 0 Å². The van der Waals surface area contributed by atoms with Gasteiger partial charge in [-0.05, 0) is 31.2 Å². The summed E-state index contributed by atoms with van der Waals surface area (Å²) in [5, 5.41) is 3.13. The maximum atomic E-state index is 13.9. The number of hydrogen-bond donors (Lipinski definition) is 1. The molecule has 0 saturated carbocycles. The van der Waals surface area contributed by atoms with Gasteiger partial charge in [0.1, 0.15) is 10.7 Å². The van der Waals surface area contributed by atoms with E-state index in [1.54, 1.807) is 6.92 Å². The van der Waals surface area contributed by atoms with Crippen molar-refractivity contribution in [1.29, 1.82) is 0 Å². The lowest BCUT2D eigenvalue weighted by Gasteiger charge is -2.26. The molecule has 0 bridgehead atoms. The summed E-state index contributed by atoms with van der Waals surface area (Å²) in [5.41, 5.74) is 0. The van der Waals surface area contributed by atoms with Gasteiger partial charge in [0.15, 0.2) is 0 Å². The lowest BCUT2D eigenvalue weighted by molar-refractivity contribution is 0.347.